The Morgan fingerprint density at radius 3 is 1.86 bits per heavy atom. The van der Waals surface area contributed by atoms with Crippen molar-refractivity contribution >= 4 is 0 Å². The molecule has 4 aromatic rings. The van der Waals surface area contributed by atoms with Crippen molar-refractivity contribution in [2.45, 2.75) is 71.1 Å². The molecule has 0 fully saturated rings. The van der Waals surface area contributed by atoms with Crippen LogP contribution in [0.25, 0.3) is 33.8 Å². The van der Waals surface area contributed by atoms with Gasteiger partial charge >= 0.3 is 0 Å². The summed E-state index contributed by atoms with van der Waals surface area (Å²) in [5.41, 5.74) is 6.05. The van der Waals surface area contributed by atoms with E-state index in [0.717, 1.165) is 52.5 Å². The molecule has 0 saturated heterocycles. The van der Waals surface area contributed by atoms with Crippen molar-refractivity contribution in [3.05, 3.63) is 91.1 Å². The summed E-state index contributed by atoms with van der Waals surface area (Å²) in [6.07, 6.45) is 15.2. The van der Waals surface area contributed by atoms with Crippen LogP contribution in [-0.4, -0.2) is 16.6 Å². The number of pyridine rings is 2. The molecule has 3 nitrogen and oxygen atoms in total. The largest absolute Gasteiger partial charge is 0.494 e. The van der Waals surface area contributed by atoms with Gasteiger partial charge in [0.25, 0.3) is 0 Å². The first-order valence-electron chi connectivity index (χ1n) is 14.1. The number of hydrogen-bond acceptors (Lipinski definition) is 3. The summed E-state index contributed by atoms with van der Waals surface area (Å²) in [6, 6.07) is 29.0. The van der Waals surface area contributed by atoms with Crippen LogP contribution in [0.15, 0.2) is 91.1 Å². The van der Waals surface area contributed by atoms with E-state index in [1.165, 1.54) is 57.8 Å². The highest BCUT2D eigenvalue weighted by Gasteiger charge is 2.10. The number of unbranched alkanes of at least 4 members (excludes halogenated alkanes) is 9. The average Bonchev–Trinajstić information content (AvgIpc) is 2.97. The lowest BCUT2D eigenvalue weighted by molar-refractivity contribution is 0.304. The van der Waals surface area contributed by atoms with Crippen molar-refractivity contribution in [1.29, 1.82) is 0 Å². The van der Waals surface area contributed by atoms with Crippen LogP contribution in [0.3, 0.4) is 0 Å². The zero-order valence-electron chi connectivity index (χ0n) is 22.2. The molecule has 0 atom stereocenters. The van der Waals surface area contributed by atoms with Gasteiger partial charge in [-0.25, -0.2) is 4.98 Å². The fourth-order valence-corrected chi connectivity index (χ4v) is 4.62. The quantitative estimate of drug-likeness (QED) is 0.155. The minimum Gasteiger partial charge on any atom is -0.494 e. The minimum absolute atomic E-state index is 0.785. The fourth-order valence-electron chi connectivity index (χ4n) is 4.62. The second kappa shape index (κ2) is 14.9. The van der Waals surface area contributed by atoms with Crippen molar-refractivity contribution in [3.63, 3.8) is 0 Å². The lowest BCUT2D eigenvalue weighted by atomic mass is 10.0. The van der Waals surface area contributed by atoms with E-state index in [-0.39, 0.29) is 0 Å². The molecule has 0 aliphatic rings. The molecule has 2 aromatic heterocycles. The van der Waals surface area contributed by atoms with Gasteiger partial charge in [0.05, 0.1) is 23.7 Å². The Hall–Kier alpha value is -3.46. The second-order valence-corrected chi connectivity index (χ2v) is 9.76. The highest BCUT2D eigenvalue weighted by atomic mass is 16.5. The number of nitrogens with zero attached hydrogens (tertiary/aromatic N) is 2. The van der Waals surface area contributed by atoms with Gasteiger partial charge in [-0.2, -0.15) is 0 Å². The van der Waals surface area contributed by atoms with E-state index in [2.05, 4.69) is 60.4 Å². The number of ether oxygens (including phenoxy) is 1. The molecule has 192 valence electrons. The van der Waals surface area contributed by atoms with Crippen LogP contribution in [0, 0.1) is 0 Å². The highest BCUT2D eigenvalue weighted by Crippen LogP contribution is 2.30. The molecule has 3 heteroatoms. The van der Waals surface area contributed by atoms with Crippen LogP contribution in [0.4, 0.5) is 0 Å². The number of rotatable bonds is 15. The van der Waals surface area contributed by atoms with Crippen molar-refractivity contribution in [2.24, 2.45) is 0 Å². The van der Waals surface area contributed by atoms with E-state index < -0.39 is 0 Å². The summed E-state index contributed by atoms with van der Waals surface area (Å²) in [5.74, 6) is 0.932. The van der Waals surface area contributed by atoms with Crippen LogP contribution in [-0.2, 0) is 0 Å². The van der Waals surface area contributed by atoms with Crippen molar-refractivity contribution in [2.75, 3.05) is 6.61 Å². The van der Waals surface area contributed by atoms with Crippen LogP contribution >= 0.6 is 0 Å². The Morgan fingerprint density at radius 1 is 0.541 bits per heavy atom. The van der Waals surface area contributed by atoms with E-state index in [1.54, 1.807) is 0 Å². The average molecular weight is 493 g/mol. The summed E-state index contributed by atoms with van der Waals surface area (Å²) in [5, 5.41) is 0. The Morgan fingerprint density at radius 2 is 1.19 bits per heavy atom. The Balaban J connectivity index is 1.32. The Bertz CT molecular complexity index is 1120. The molecular weight excluding hydrogens is 452 g/mol. The minimum atomic E-state index is 0.785. The van der Waals surface area contributed by atoms with Crippen molar-refractivity contribution in [3.8, 4) is 39.5 Å². The van der Waals surface area contributed by atoms with Gasteiger partial charge in [-0.05, 0) is 53.9 Å². The smallest absolute Gasteiger partial charge is 0.119 e. The third-order valence-corrected chi connectivity index (χ3v) is 6.78. The van der Waals surface area contributed by atoms with Crippen molar-refractivity contribution < 1.29 is 4.74 Å². The molecule has 37 heavy (non-hydrogen) atoms. The molecule has 0 aliphatic heterocycles. The molecule has 2 aromatic carbocycles. The molecule has 0 aliphatic carbocycles. The van der Waals surface area contributed by atoms with Gasteiger partial charge in [0.1, 0.15) is 5.75 Å². The van der Waals surface area contributed by atoms with Gasteiger partial charge in [-0.1, -0.05) is 113 Å². The maximum Gasteiger partial charge on any atom is 0.119 e. The van der Waals surface area contributed by atoms with Crippen LogP contribution in [0.1, 0.15) is 71.1 Å². The van der Waals surface area contributed by atoms with Gasteiger partial charge in [-0.3, -0.25) is 4.98 Å². The molecule has 0 unspecified atom stereocenters. The fraction of sp³-hybridized carbons (Fsp3) is 0.353. The van der Waals surface area contributed by atoms with E-state index in [4.69, 9.17) is 9.72 Å². The highest BCUT2D eigenvalue weighted by molar-refractivity contribution is 5.75. The second-order valence-electron chi connectivity index (χ2n) is 9.76. The molecule has 0 spiro atoms. The van der Waals surface area contributed by atoms with Crippen LogP contribution in [0.2, 0.25) is 0 Å². The van der Waals surface area contributed by atoms with Gasteiger partial charge in [-0.15, -0.1) is 0 Å². The third-order valence-electron chi connectivity index (χ3n) is 6.78. The lowest BCUT2D eigenvalue weighted by Crippen LogP contribution is -1.97. The molecule has 0 radical (unpaired) electrons. The van der Waals surface area contributed by atoms with E-state index in [0.29, 0.717) is 0 Å². The molecule has 0 bridgehead atoms. The molecule has 0 N–H and O–H groups in total. The van der Waals surface area contributed by atoms with Crippen molar-refractivity contribution in [1.82, 2.24) is 9.97 Å². The lowest BCUT2D eigenvalue weighted by Gasteiger charge is -2.11. The monoisotopic (exact) mass is 492 g/mol. The summed E-state index contributed by atoms with van der Waals surface area (Å²) >= 11 is 0. The summed E-state index contributed by atoms with van der Waals surface area (Å²) in [6.45, 7) is 3.06. The predicted molar refractivity (Wildman–Crippen MR) is 156 cm³/mol. The summed E-state index contributed by atoms with van der Waals surface area (Å²) in [7, 11) is 0. The number of hydrogen-bond donors (Lipinski definition) is 0. The zero-order chi connectivity index (χ0) is 25.5. The molecule has 0 saturated carbocycles. The molecule has 0 amide bonds. The summed E-state index contributed by atoms with van der Waals surface area (Å²) in [4.78, 5) is 9.45. The Labute approximate surface area is 223 Å². The van der Waals surface area contributed by atoms with E-state index in [9.17, 15) is 0 Å². The topological polar surface area (TPSA) is 35.0 Å². The van der Waals surface area contributed by atoms with Crippen LogP contribution < -0.4 is 4.74 Å². The van der Waals surface area contributed by atoms with E-state index >= 15 is 0 Å². The van der Waals surface area contributed by atoms with Gasteiger partial charge in [0.15, 0.2) is 0 Å². The van der Waals surface area contributed by atoms with Gasteiger partial charge < -0.3 is 4.74 Å². The maximum atomic E-state index is 6.03. The number of aromatic nitrogens is 2. The van der Waals surface area contributed by atoms with Crippen LogP contribution in [0.5, 0.6) is 5.75 Å². The molecular formula is C34H40N2O. The maximum absolute atomic E-state index is 6.03. The Kier molecular flexibility index (Phi) is 10.7. The molecule has 4 rings (SSSR count). The third kappa shape index (κ3) is 8.56. The SMILES string of the molecule is CCCCCCCCCCCCOc1ccc(-c2cc(-c3ccccc3)nc(-c3ccccn3)c2)cc1. The summed E-state index contributed by atoms with van der Waals surface area (Å²) < 4.78 is 6.03. The van der Waals surface area contributed by atoms with Gasteiger partial charge in [0.2, 0.25) is 0 Å². The standard InChI is InChI=1S/C34H40N2O/c1-2-3-4-5-6-7-8-9-10-16-25-37-31-22-20-28(21-23-31)30-26-33(29-17-12-11-13-18-29)36-34(27-30)32-19-14-15-24-35-32/h11-15,17-24,26-27H,2-10,16,25H2,1H3. The zero-order valence-corrected chi connectivity index (χ0v) is 22.2. The molecule has 2 heterocycles. The first kappa shape index (κ1) is 26.6. The predicted octanol–water partition coefficient (Wildman–Crippen LogP) is 9.78. The number of benzene rings is 2. The first-order chi connectivity index (χ1) is 18.3. The van der Waals surface area contributed by atoms with E-state index in [1.807, 2.05) is 42.6 Å². The first-order valence-corrected chi connectivity index (χ1v) is 14.1. The van der Waals surface area contributed by atoms with Gasteiger partial charge in [0, 0.05) is 11.8 Å². The normalized spacial score (nSPS) is 10.9.